The van der Waals surface area contributed by atoms with Crippen LogP contribution in [-0.2, 0) is 17.8 Å². The molecule has 0 amide bonds. The molecule has 1 N–H and O–H groups in total. The molecule has 0 fully saturated rings. The van der Waals surface area contributed by atoms with Crippen LogP contribution >= 0.6 is 11.6 Å². The van der Waals surface area contributed by atoms with Crippen LogP contribution in [0.25, 0.3) is 0 Å². The number of benzene rings is 2. The highest BCUT2D eigenvalue weighted by molar-refractivity contribution is 6.31. The van der Waals surface area contributed by atoms with Crippen LogP contribution in [-0.4, -0.2) is 11.1 Å². The summed E-state index contributed by atoms with van der Waals surface area (Å²) in [6.45, 7) is 0.343. The van der Waals surface area contributed by atoms with Crippen molar-refractivity contribution in [3.8, 4) is 11.8 Å². The largest absolute Gasteiger partial charge is 0.489 e. The molecule has 0 aliphatic carbocycles. The monoisotopic (exact) mass is 301 g/mol. The lowest BCUT2D eigenvalue weighted by atomic mass is 10.1. The fourth-order valence-corrected chi connectivity index (χ4v) is 1.98. The maximum atomic E-state index is 10.6. The Labute approximate surface area is 127 Å². The molecule has 5 heteroatoms. The highest BCUT2D eigenvalue weighted by atomic mass is 35.5. The molecule has 0 saturated carbocycles. The first-order chi connectivity index (χ1) is 10.1. The highest BCUT2D eigenvalue weighted by Gasteiger charge is 2.03. The van der Waals surface area contributed by atoms with E-state index >= 15 is 0 Å². The molecular formula is C16H12ClNO3. The molecule has 0 bridgehead atoms. The van der Waals surface area contributed by atoms with E-state index in [9.17, 15) is 4.79 Å². The van der Waals surface area contributed by atoms with Gasteiger partial charge in [0, 0.05) is 6.07 Å². The Morgan fingerprint density at radius 3 is 2.43 bits per heavy atom. The average molecular weight is 302 g/mol. The number of nitrogens with zero attached hydrogens (tertiary/aromatic N) is 1. The van der Waals surface area contributed by atoms with E-state index in [1.165, 1.54) is 0 Å². The summed E-state index contributed by atoms with van der Waals surface area (Å²) in [5.74, 6) is -0.278. The molecule has 0 heterocycles. The number of rotatable bonds is 5. The van der Waals surface area contributed by atoms with Gasteiger partial charge in [-0.15, -0.1) is 0 Å². The lowest BCUT2D eigenvalue weighted by molar-refractivity contribution is -0.136. The normalized spacial score (nSPS) is 9.90. The smallest absolute Gasteiger partial charge is 0.307 e. The lowest BCUT2D eigenvalue weighted by Crippen LogP contribution is -2.00. The SMILES string of the molecule is N#Cc1ccc(OCc2ccc(CC(=O)O)cc2)cc1Cl. The van der Waals surface area contributed by atoms with Gasteiger partial charge in [0.25, 0.3) is 0 Å². The molecule has 0 saturated heterocycles. The van der Waals surface area contributed by atoms with E-state index in [0.717, 1.165) is 11.1 Å². The third-order valence-corrected chi connectivity index (χ3v) is 3.16. The van der Waals surface area contributed by atoms with Crippen molar-refractivity contribution in [1.29, 1.82) is 5.26 Å². The molecule has 2 aromatic rings. The van der Waals surface area contributed by atoms with Crippen molar-refractivity contribution < 1.29 is 14.6 Å². The van der Waals surface area contributed by atoms with Crippen molar-refractivity contribution in [2.24, 2.45) is 0 Å². The van der Waals surface area contributed by atoms with Crippen LogP contribution in [0.2, 0.25) is 5.02 Å². The Morgan fingerprint density at radius 1 is 1.19 bits per heavy atom. The minimum atomic E-state index is -0.855. The molecule has 0 aliphatic rings. The number of hydrogen-bond donors (Lipinski definition) is 1. The van der Waals surface area contributed by atoms with Gasteiger partial charge in [-0.05, 0) is 23.3 Å². The summed E-state index contributed by atoms with van der Waals surface area (Å²) < 4.78 is 5.58. The second-order valence-corrected chi connectivity index (χ2v) is 4.84. The number of aliphatic carboxylic acids is 1. The Hall–Kier alpha value is -2.51. The van der Waals surface area contributed by atoms with E-state index in [2.05, 4.69) is 0 Å². The van der Waals surface area contributed by atoms with E-state index < -0.39 is 5.97 Å². The number of carboxylic acid groups (broad SMARTS) is 1. The molecule has 0 aliphatic heterocycles. The van der Waals surface area contributed by atoms with Gasteiger partial charge in [-0.25, -0.2) is 0 Å². The predicted octanol–water partition coefficient (Wildman–Crippen LogP) is 3.42. The number of nitriles is 1. The zero-order valence-corrected chi connectivity index (χ0v) is 11.8. The Bertz CT molecular complexity index is 690. The average Bonchev–Trinajstić information content (AvgIpc) is 2.46. The molecule has 0 spiro atoms. The second-order valence-electron chi connectivity index (χ2n) is 4.43. The molecule has 0 atom stereocenters. The van der Waals surface area contributed by atoms with Crippen LogP contribution in [0, 0.1) is 11.3 Å². The van der Waals surface area contributed by atoms with Crippen molar-refractivity contribution in [3.63, 3.8) is 0 Å². The number of hydrogen-bond acceptors (Lipinski definition) is 3. The molecule has 0 unspecified atom stereocenters. The lowest BCUT2D eigenvalue weighted by Gasteiger charge is -2.07. The molecule has 2 rings (SSSR count). The van der Waals surface area contributed by atoms with E-state index in [4.69, 9.17) is 26.7 Å². The van der Waals surface area contributed by atoms with Gasteiger partial charge >= 0.3 is 5.97 Å². The van der Waals surface area contributed by atoms with Crippen LogP contribution in [0.4, 0.5) is 0 Å². The number of carbonyl (C=O) groups is 1. The molecule has 0 aromatic heterocycles. The maximum absolute atomic E-state index is 10.6. The van der Waals surface area contributed by atoms with E-state index in [0.29, 0.717) is 22.9 Å². The summed E-state index contributed by atoms with van der Waals surface area (Å²) in [7, 11) is 0. The zero-order chi connectivity index (χ0) is 15.2. The second kappa shape index (κ2) is 6.78. The quantitative estimate of drug-likeness (QED) is 0.918. The summed E-state index contributed by atoms with van der Waals surface area (Å²) in [6, 6.07) is 14.0. The topological polar surface area (TPSA) is 70.3 Å². The first-order valence-electron chi connectivity index (χ1n) is 6.20. The van der Waals surface area contributed by atoms with Gasteiger partial charge in [-0.2, -0.15) is 5.26 Å². The summed E-state index contributed by atoms with van der Waals surface area (Å²) in [4.78, 5) is 10.6. The van der Waals surface area contributed by atoms with Crippen molar-refractivity contribution in [2.75, 3.05) is 0 Å². The number of carboxylic acids is 1. The van der Waals surface area contributed by atoms with Crippen LogP contribution in [0.15, 0.2) is 42.5 Å². The Balaban J connectivity index is 1.98. The van der Waals surface area contributed by atoms with Crippen LogP contribution < -0.4 is 4.74 Å². The number of ether oxygens (including phenoxy) is 1. The fourth-order valence-electron chi connectivity index (χ4n) is 1.77. The molecule has 0 radical (unpaired) electrons. The maximum Gasteiger partial charge on any atom is 0.307 e. The third-order valence-electron chi connectivity index (χ3n) is 2.84. The van der Waals surface area contributed by atoms with Crippen LogP contribution in [0.5, 0.6) is 5.75 Å². The van der Waals surface area contributed by atoms with Gasteiger partial charge < -0.3 is 9.84 Å². The highest BCUT2D eigenvalue weighted by Crippen LogP contribution is 2.22. The predicted molar refractivity (Wildman–Crippen MR) is 78.3 cm³/mol. The van der Waals surface area contributed by atoms with Crippen molar-refractivity contribution in [2.45, 2.75) is 13.0 Å². The minimum Gasteiger partial charge on any atom is -0.489 e. The van der Waals surface area contributed by atoms with Gasteiger partial charge in [-0.3, -0.25) is 4.79 Å². The van der Waals surface area contributed by atoms with Crippen LogP contribution in [0.1, 0.15) is 16.7 Å². The van der Waals surface area contributed by atoms with Crippen molar-refractivity contribution in [1.82, 2.24) is 0 Å². The Kier molecular flexibility index (Phi) is 4.81. The third kappa shape index (κ3) is 4.23. The summed E-state index contributed by atoms with van der Waals surface area (Å²) >= 11 is 5.92. The summed E-state index contributed by atoms with van der Waals surface area (Å²) in [6.07, 6.45) is 0.00632. The van der Waals surface area contributed by atoms with Gasteiger partial charge in [0.05, 0.1) is 17.0 Å². The fraction of sp³-hybridized carbons (Fsp3) is 0.125. The van der Waals surface area contributed by atoms with Crippen LogP contribution in [0.3, 0.4) is 0 Å². The summed E-state index contributed by atoms with van der Waals surface area (Å²) in [5.41, 5.74) is 2.07. The summed E-state index contributed by atoms with van der Waals surface area (Å²) in [5, 5.41) is 17.8. The molecular weight excluding hydrogens is 290 g/mol. The zero-order valence-electron chi connectivity index (χ0n) is 11.0. The van der Waals surface area contributed by atoms with E-state index in [1.807, 2.05) is 18.2 Å². The van der Waals surface area contributed by atoms with Crippen molar-refractivity contribution in [3.05, 3.63) is 64.2 Å². The minimum absolute atomic E-state index is 0.00632. The van der Waals surface area contributed by atoms with Gasteiger partial charge in [0.1, 0.15) is 18.4 Å². The molecule has 2 aromatic carbocycles. The van der Waals surface area contributed by atoms with Gasteiger partial charge in [0.15, 0.2) is 0 Å². The van der Waals surface area contributed by atoms with E-state index in [-0.39, 0.29) is 6.42 Å². The molecule has 106 valence electrons. The first-order valence-corrected chi connectivity index (χ1v) is 6.58. The first kappa shape index (κ1) is 14.9. The van der Waals surface area contributed by atoms with Gasteiger partial charge in [-0.1, -0.05) is 35.9 Å². The molecule has 21 heavy (non-hydrogen) atoms. The molecule has 4 nitrogen and oxygen atoms in total. The van der Waals surface area contributed by atoms with Gasteiger partial charge in [0.2, 0.25) is 0 Å². The standard InChI is InChI=1S/C16H12ClNO3/c17-15-8-14(6-5-13(15)9-18)21-10-12-3-1-11(2-4-12)7-16(19)20/h1-6,8H,7,10H2,(H,19,20). The number of halogens is 1. The van der Waals surface area contributed by atoms with E-state index in [1.54, 1.807) is 30.3 Å². The van der Waals surface area contributed by atoms with Crippen molar-refractivity contribution >= 4 is 17.6 Å². The Morgan fingerprint density at radius 2 is 1.86 bits per heavy atom.